The number of rotatable bonds is 6. The van der Waals surface area contributed by atoms with Crippen LogP contribution in [0.2, 0.25) is 0 Å². The molecule has 0 fully saturated rings. The smallest absolute Gasteiger partial charge is 0.432 e. The summed E-state index contributed by atoms with van der Waals surface area (Å²) in [6.07, 6.45) is -0.321. The van der Waals surface area contributed by atoms with E-state index >= 15 is 0 Å². The second-order valence-corrected chi connectivity index (χ2v) is 4.28. The molecule has 0 saturated carbocycles. The summed E-state index contributed by atoms with van der Waals surface area (Å²) in [5, 5.41) is 4.24. The van der Waals surface area contributed by atoms with Crippen molar-refractivity contribution >= 4 is 6.16 Å². The summed E-state index contributed by atoms with van der Waals surface area (Å²) in [5.41, 5.74) is -0.551. The third-order valence-electron chi connectivity index (χ3n) is 1.53. The van der Waals surface area contributed by atoms with Gasteiger partial charge in [-0.05, 0) is 32.7 Å². The van der Waals surface area contributed by atoms with Crippen LogP contribution in [0, 0.1) is 0 Å². The Morgan fingerprint density at radius 3 is 2.44 bits per heavy atom. The molecule has 0 aromatic heterocycles. The first-order chi connectivity index (χ1) is 7.35. The molecule has 0 aromatic carbocycles. The molecule has 0 aliphatic carbocycles. The highest BCUT2D eigenvalue weighted by molar-refractivity contribution is 5.58. The molecule has 0 N–H and O–H groups in total. The highest BCUT2D eigenvalue weighted by atomic mass is 17.5. The van der Waals surface area contributed by atoms with E-state index in [0.29, 0.717) is 6.42 Å². The zero-order chi connectivity index (χ0) is 12.6. The molecular formula is C10H20O6. The Balaban J connectivity index is 3.46. The van der Waals surface area contributed by atoms with Gasteiger partial charge >= 0.3 is 6.16 Å². The Hall–Kier alpha value is -0.850. The molecular weight excluding hydrogens is 216 g/mol. The van der Waals surface area contributed by atoms with Gasteiger partial charge in [0.1, 0.15) is 0 Å². The summed E-state index contributed by atoms with van der Waals surface area (Å²) in [5.74, 6) is 0. The van der Waals surface area contributed by atoms with Crippen molar-refractivity contribution in [1.29, 1.82) is 0 Å². The average molecular weight is 236 g/mol. The minimum atomic E-state index is -0.937. The Kier molecular flexibility index (Phi) is 7.03. The minimum absolute atomic E-state index is 0.0274. The maximum atomic E-state index is 10.9. The van der Waals surface area contributed by atoms with Gasteiger partial charge in [-0.2, -0.15) is 4.89 Å². The van der Waals surface area contributed by atoms with Gasteiger partial charge in [-0.3, -0.25) is 0 Å². The summed E-state index contributed by atoms with van der Waals surface area (Å²) < 4.78 is 9.65. The van der Waals surface area contributed by atoms with Crippen molar-refractivity contribution in [3.05, 3.63) is 0 Å². The molecule has 0 radical (unpaired) electrons. The van der Waals surface area contributed by atoms with Crippen LogP contribution in [0.25, 0.3) is 0 Å². The Bertz CT molecular complexity index is 198. The Morgan fingerprint density at radius 1 is 1.31 bits per heavy atom. The lowest BCUT2D eigenvalue weighted by Gasteiger charge is -2.15. The number of ether oxygens (including phenoxy) is 2. The third kappa shape index (κ3) is 9.70. The minimum Gasteiger partial charge on any atom is -0.432 e. The van der Waals surface area contributed by atoms with Crippen molar-refractivity contribution in [2.75, 3.05) is 13.7 Å². The van der Waals surface area contributed by atoms with Gasteiger partial charge < -0.3 is 9.47 Å². The SMILES string of the molecule is COC(C)CCOC(=O)OOOC(C)(C)C. The molecule has 0 aromatic rings. The van der Waals surface area contributed by atoms with E-state index in [-0.39, 0.29) is 12.7 Å². The largest absolute Gasteiger partial charge is 0.542 e. The zero-order valence-corrected chi connectivity index (χ0v) is 10.4. The average Bonchev–Trinajstić information content (AvgIpc) is 2.15. The van der Waals surface area contributed by atoms with Gasteiger partial charge in [-0.25, -0.2) is 9.68 Å². The van der Waals surface area contributed by atoms with Gasteiger partial charge in [0.05, 0.1) is 18.3 Å². The molecule has 0 aliphatic rings. The molecule has 0 bridgehead atoms. The van der Waals surface area contributed by atoms with Crippen LogP contribution >= 0.6 is 0 Å². The Morgan fingerprint density at radius 2 is 1.94 bits per heavy atom. The third-order valence-corrected chi connectivity index (χ3v) is 1.53. The van der Waals surface area contributed by atoms with Crippen LogP contribution in [0.5, 0.6) is 0 Å². The fourth-order valence-electron chi connectivity index (χ4n) is 0.597. The molecule has 0 spiro atoms. The first kappa shape index (κ1) is 15.2. The second kappa shape index (κ2) is 7.43. The van der Waals surface area contributed by atoms with Crippen LogP contribution < -0.4 is 0 Å². The van der Waals surface area contributed by atoms with Gasteiger partial charge in [-0.15, -0.1) is 0 Å². The van der Waals surface area contributed by atoms with E-state index in [1.54, 1.807) is 27.9 Å². The molecule has 0 aliphatic heterocycles. The van der Waals surface area contributed by atoms with Gasteiger partial charge in [0.25, 0.3) is 0 Å². The predicted octanol–water partition coefficient (Wildman–Crippen LogP) is 2.23. The van der Waals surface area contributed by atoms with E-state index in [0.717, 1.165) is 0 Å². The number of carbonyl (C=O) groups excluding carboxylic acids is 1. The molecule has 0 heterocycles. The van der Waals surface area contributed by atoms with Crippen molar-refractivity contribution in [3.8, 4) is 0 Å². The fourth-order valence-corrected chi connectivity index (χ4v) is 0.597. The summed E-state index contributed by atoms with van der Waals surface area (Å²) in [6, 6.07) is 0. The first-order valence-corrected chi connectivity index (χ1v) is 5.07. The van der Waals surface area contributed by atoms with Crippen molar-refractivity contribution in [2.24, 2.45) is 0 Å². The molecule has 6 nitrogen and oxygen atoms in total. The van der Waals surface area contributed by atoms with Crippen LogP contribution in [-0.4, -0.2) is 31.6 Å². The van der Waals surface area contributed by atoms with E-state index in [9.17, 15) is 4.79 Å². The van der Waals surface area contributed by atoms with Crippen molar-refractivity contribution in [3.63, 3.8) is 0 Å². The number of carbonyl (C=O) groups is 1. The van der Waals surface area contributed by atoms with Gasteiger partial charge in [-0.1, -0.05) is 0 Å². The van der Waals surface area contributed by atoms with E-state index in [1.807, 2.05) is 6.92 Å². The quantitative estimate of drug-likeness (QED) is 0.400. The fraction of sp³-hybridized carbons (Fsp3) is 0.900. The molecule has 0 amide bonds. The van der Waals surface area contributed by atoms with Crippen LogP contribution in [0.3, 0.4) is 0 Å². The molecule has 96 valence electrons. The lowest BCUT2D eigenvalue weighted by Crippen LogP contribution is -2.21. The predicted molar refractivity (Wildman–Crippen MR) is 55.4 cm³/mol. The molecule has 6 heteroatoms. The van der Waals surface area contributed by atoms with Crippen molar-refractivity contribution < 1.29 is 29.1 Å². The van der Waals surface area contributed by atoms with Crippen molar-refractivity contribution in [1.82, 2.24) is 0 Å². The van der Waals surface area contributed by atoms with Gasteiger partial charge in [0, 0.05) is 13.5 Å². The first-order valence-electron chi connectivity index (χ1n) is 5.07. The normalized spacial score (nSPS) is 13.3. The molecule has 0 rings (SSSR count). The zero-order valence-electron chi connectivity index (χ0n) is 10.4. The molecule has 0 saturated heterocycles. The summed E-state index contributed by atoms with van der Waals surface area (Å²) in [4.78, 5) is 19.8. The monoisotopic (exact) mass is 236 g/mol. The van der Waals surface area contributed by atoms with Crippen LogP contribution in [0.4, 0.5) is 4.79 Å². The summed E-state index contributed by atoms with van der Waals surface area (Å²) >= 11 is 0. The van der Waals surface area contributed by atoms with E-state index in [4.69, 9.17) is 9.62 Å². The van der Waals surface area contributed by atoms with Crippen LogP contribution in [0.15, 0.2) is 0 Å². The van der Waals surface area contributed by atoms with Crippen molar-refractivity contribution in [2.45, 2.75) is 45.8 Å². The van der Waals surface area contributed by atoms with E-state index in [1.165, 1.54) is 0 Å². The standard InChI is InChI=1S/C10H20O6/c1-8(12-5)6-7-13-9(11)14-16-15-10(2,3)4/h8H,6-7H2,1-5H3. The lowest BCUT2D eigenvalue weighted by molar-refractivity contribution is -0.514. The van der Waals surface area contributed by atoms with E-state index in [2.05, 4.69) is 14.7 Å². The lowest BCUT2D eigenvalue weighted by atomic mass is 10.2. The molecule has 16 heavy (non-hydrogen) atoms. The maximum absolute atomic E-state index is 10.9. The molecule has 1 atom stereocenters. The van der Waals surface area contributed by atoms with E-state index < -0.39 is 11.8 Å². The topological polar surface area (TPSA) is 63.2 Å². The van der Waals surface area contributed by atoms with Crippen LogP contribution in [0.1, 0.15) is 34.1 Å². The maximum Gasteiger partial charge on any atom is 0.542 e. The van der Waals surface area contributed by atoms with Gasteiger partial charge in [0.15, 0.2) is 0 Å². The summed E-state index contributed by atoms with van der Waals surface area (Å²) in [7, 11) is 1.59. The highest BCUT2D eigenvalue weighted by Gasteiger charge is 2.14. The Labute approximate surface area is 95.6 Å². The van der Waals surface area contributed by atoms with Gasteiger partial charge in [0.2, 0.25) is 0 Å². The number of hydrogen-bond donors (Lipinski definition) is 0. The van der Waals surface area contributed by atoms with Crippen LogP contribution in [-0.2, 0) is 24.3 Å². The highest BCUT2D eigenvalue weighted by Crippen LogP contribution is 2.07. The number of methoxy groups -OCH3 is 1. The second-order valence-electron chi connectivity index (χ2n) is 4.28. The number of hydrogen-bond acceptors (Lipinski definition) is 6. The molecule has 1 unspecified atom stereocenters. The summed E-state index contributed by atoms with van der Waals surface area (Å²) in [6.45, 7) is 7.33.